The zero-order valence-electron chi connectivity index (χ0n) is 19.2. The van der Waals surface area contributed by atoms with E-state index in [1.54, 1.807) is 47.5 Å². The fourth-order valence-electron chi connectivity index (χ4n) is 4.37. The Hall–Kier alpha value is -4.60. The summed E-state index contributed by atoms with van der Waals surface area (Å²) in [6.07, 6.45) is 3.09. The number of piperazine rings is 1. The second-order valence-electron chi connectivity index (χ2n) is 8.50. The minimum absolute atomic E-state index is 0.0457. The van der Waals surface area contributed by atoms with Gasteiger partial charge in [0, 0.05) is 38.6 Å². The average molecular weight is 487 g/mol. The summed E-state index contributed by atoms with van der Waals surface area (Å²) in [4.78, 5) is 59.8. The number of benzene rings is 2. The number of hydrogen-bond donors (Lipinski definition) is 1. The lowest BCUT2D eigenvalue weighted by Gasteiger charge is -2.35. The number of carbonyl (C=O) groups excluding carboxylic acids is 2. The number of fused-ring (bicyclic) bond motifs is 1. The predicted molar refractivity (Wildman–Crippen MR) is 130 cm³/mol. The van der Waals surface area contributed by atoms with Gasteiger partial charge in [-0.05, 0) is 42.0 Å². The molecule has 0 atom stereocenters. The molecule has 5 rings (SSSR count). The second kappa shape index (κ2) is 9.57. The van der Waals surface area contributed by atoms with E-state index in [0.717, 1.165) is 0 Å². The van der Waals surface area contributed by atoms with Crippen LogP contribution in [0.4, 0.5) is 4.39 Å². The minimum Gasteiger partial charge on any atom is -0.335 e. The highest BCUT2D eigenvalue weighted by atomic mass is 19.1. The number of halogens is 1. The summed E-state index contributed by atoms with van der Waals surface area (Å²) in [5, 5.41) is 0.356. The molecule has 1 aliphatic rings. The van der Waals surface area contributed by atoms with E-state index in [1.165, 1.54) is 33.9 Å². The number of nitrogens with one attached hydrogen (secondary N) is 1. The lowest BCUT2D eigenvalue weighted by atomic mass is 10.1. The third-order valence-corrected chi connectivity index (χ3v) is 6.27. The van der Waals surface area contributed by atoms with Crippen LogP contribution in [0.5, 0.6) is 0 Å². The zero-order chi connectivity index (χ0) is 25.2. The molecular weight excluding hydrogens is 465 g/mol. The van der Waals surface area contributed by atoms with Crippen molar-refractivity contribution in [3.05, 3.63) is 110 Å². The van der Waals surface area contributed by atoms with E-state index < -0.39 is 23.0 Å². The smallest absolute Gasteiger partial charge is 0.329 e. The SMILES string of the molecule is O=C(c1cccnc1)N1CCN(C(=O)c2cc(Cn3c(=O)[nH]c(=O)c4ccccc43)ccc2F)CC1. The Morgan fingerprint density at radius 1 is 0.917 bits per heavy atom. The number of pyridine rings is 1. The number of rotatable bonds is 4. The maximum atomic E-state index is 14.7. The zero-order valence-corrected chi connectivity index (χ0v) is 19.2. The molecule has 36 heavy (non-hydrogen) atoms. The summed E-state index contributed by atoms with van der Waals surface area (Å²) in [5.74, 6) is -1.32. The number of carbonyl (C=O) groups is 2. The van der Waals surface area contributed by atoms with E-state index in [-0.39, 0.29) is 31.1 Å². The lowest BCUT2D eigenvalue weighted by Crippen LogP contribution is -2.50. The van der Waals surface area contributed by atoms with Crippen LogP contribution in [0.15, 0.2) is 76.6 Å². The monoisotopic (exact) mass is 487 g/mol. The first-order valence-electron chi connectivity index (χ1n) is 11.4. The number of amides is 2. The van der Waals surface area contributed by atoms with E-state index in [4.69, 9.17) is 0 Å². The molecule has 1 N–H and O–H groups in total. The summed E-state index contributed by atoms with van der Waals surface area (Å²) >= 11 is 0. The summed E-state index contributed by atoms with van der Waals surface area (Å²) in [7, 11) is 0. The fourth-order valence-corrected chi connectivity index (χ4v) is 4.37. The van der Waals surface area contributed by atoms with Crippen LogP contribution in [0.1, 0.15) is 26.3 Å². The molecule has 0 radical (unpaired) electrons. The average Bonchev–Trinajstić information content (AvgIpc) is 2.91. The van der Waals surface area contributed by atoms with Crippen molar-refractivity contribution in [2.75, 3.05) is 26.2 Å². The highest BCUT2D eigenvalue weighted by Gasteiger charge is 2.27. The van der Waals surface area contributed by atoms with Gasteiger partial charge in [0.1, 0.15) is 5.82 Å². The predicted octanol–water partition coefficient (Wildman–Crippen LogP) is 1.87. The molecule has 1 aliphatic heterocycles. The molecule has 0 unspecified atom stereocenters. The molecule has 3 heterocycles. The van der Waals surface area contributed by atoms with Gasteiger partial charge in [-0.2, -0.15) is 0 Å². The molecule has 4 aromatic rings. The molecule has 0 bridgehead atoms. The number of aromatic nitrogens is 3. The molecule has 9 nitrogen and oxygen atoms in total. The molecule has 2 aromatic heterocycles. The standard InChI is InChI=1S/C26H22FN5O4/c27-21-8-7-17(16-32-22-6-2-1-5-19(22)23(33)29-26(32)36)14-20(21)25(35)31-12-10-30(11-13-31)24(34)18-4-3-9-28-15-18/h1-9,14-15H,10-13,16H2,(H,29,33,36). The van der Waals surface area contributed by atoms with Crippen molar-refractivity contribution in [1.29, 1.82) is 0 Å². The number of nitrogens with zero attached hydrogens (tertiary/aromatic N) is 4. The Morgan fingerprint density at radius 3 is 2.36 bits per heavy atom. The Bertz CT molecular complexity index is 1570. The van der Waals surface area contributed by atoms with Crippen LogP contribution in [0.3, 0.4) is 0 Å². The van der Waals surface area contributed by atoms with Crippen molar-refractivity contribution in [1.82, 2.24) is 24.3 Å². The Balaban J connectivity index is 1.34. The van der Waals surface area contributed by atoms with Crippen LogP contribution < -0.4 is 11.2 Å². The maximum Gasteiger partial charge on any atom is 0.329 e. The molecule has 1 saturated heterocycles. The van der Waals surface area contributed by atoms with Gasteiger partial charge in [0.05, 0.1) is 28.6 Å². The number of hydrogen-bond acceptors (Lipinski definition) is 5. The van der Waals surface area contributed by atoms with Crippen LogP contribution >= 0.6 is 0 Å². The topological polar surface area (TPSA) is 108 Å². The largest absolute Gasteiger partial charge is 0.335 e. The summed E-state index contributed by atoms with van der Waals surface area (Å²) < 4.78 is 16.1. The molecule has 1 fully saturated rings. The van der Waals surface area contributed by atoms with Crippen molar-refractivity contribution in [3.8, 4) is 0 Å². The van der Waals surface area contributed by atoms with Crippen molar-refractivity contribution >= 4 is 22.7 Å². The summed E-state index contributed by atoms with van der Waals surface area (Å²) in [6, 6.07) is 14.2. The first-order valence-corrected chi connectivity index (χ1v) is 11.4. The van der Waals surface area contributed by atoms with E-state index >= 15 is 0 Å². The number of H-pyrrole nitrogens is 1. The quantitative estimate of drug-likeness (QED) is 0.473. The van der Waals surface area contributed by atoms with Crippen molar-refractivity contribution < 1.29 is 14.0 Å². The van der Waals surface area contributed by atoms with Crippen LogP contribution in [-0.2, 0) is 6.54 Å². The van der Waals surface area contributed by atoms with Crippen molar-refractivity contribution in [3.63, 3.8) is 0 Å². The molecule has 0 aliphatic carbocycles. The normalized spacial score (nSPS) is 13.7. The first kappa shape index (κ1) is 23.2. The van der Waals surface area contributed by atoms with Gasteiger partial charge >= 0.3 is 5.69 Å². The van der Waals surface area contributed by atoms with Crippen LogP contribution in [0.2, 0.25) is 0 Å². The third-order valence-electron chi connectivity index (χ3n) is 6.27. The van der Waals surface area contributed by atoms with Gasteiger partial charge in [-0.15, -0.1) is 0 Å². The van der Waals surface area contributed by atoms with Gasteiger partial charge < -0.3 is 9.80 Å². The molecule has 182 valence electrons. The van der Waals surface area contributed by atoms with Crippen LogP contribution in [0.25, 0.3) is 10.9 Å². The van der Waals surface area contributed by atoms with Crippen molar-refractivity contribution in [2.24, 2.45) is 0 Å². The van der Waals surface area contributed by atoms with Gasteiger partial charge in [-0.1, -0.05) is 18.2 Å². The van der Waals surface area contributed by atoms with Gasteiger partial charge in [-0.3, -0.25) is 28.9 Å². The maximum absolute atomic E-state index is 14.7. The molecule has 0 spiro atoms. The number of para-hydroxylation sites is 1. The van der Waals surface area contributed by atoms with Crippen LogP contribution in [-0.4, -0.2) is 62.3 Å². The lowest BCUT2D eigenvalue weighted by molar-refractivity contribution is 0.0532. The van der Waals surface area contributed by atoms with E-state index in [1.807, 2.05) is 0 Å². The van der Waals surface area contributed by atoms with E-state index in [9.17, 15) is 23.6 Å². The van der Waals surface area contributed by atoms with Gasteiger partial charge in [0.2, 0.25) is 0 Å². The summed E-state index contributed by atoms with van der Waals surface area (Å²) in [5.41, 5.74) is 0.262. The Morgan fingerprint density at radius 2 is 1.64 bits per heavy atom. The van der Waals surface area contributed by atoms with Gasteiger partial charge in [0.25, 0.3) is 17.4 Å². The highest BCUT2D eigenvalue weighted by Crippen LogP contribution is 2.17. The fraction of sp³-hybridized carbons (Fsp3) is 0.192. The van der Waals surface area contributed by atoms with Gasteiger partial charge in [0.15, 0.2) is 0 Å². The summed E-state index contributed by atoms with van der Waals surface area (Å²) in [6.45, 7) is 1.21. The molecule has 2 amide bonds. The molecule has 2 aromatic carbocycles. The molecule has 0 saturated carbocycles. The molecular formula is C26H22FN5O4. The van der Waals surface area contributed by atoms with Crippen LogP contribution in [0, 0.1) is 5.82 Å². The van der Waals surface area contributed by atoms with E-state index in [0.29, 0.717) is 35.1 Å². The second-order valence-corrected chi connectivity index (χ2v) is 8.50. The minimum atomic E-state index is -0.670. The number of aromatic amines is 1. The van der Waals surface area contributed by atoms with E-state index in [2.05, 4.69) is 9.97 Å². The third kappa shape index (κ3) is 4.40. The highest BCUT2D eigenvalue weighted by molar-refractivity contribution is 5.96. The molecule has 10 heteroatoms. The van der Waals surface area contributed by atoms with Crippen molar-refractivity contribution in [2.45, 2.75) is 6.54 Å². The Kier molecular flexibility index (Phi) is 6.16. The Labute approximate surface area is 204 Å². The first-order chi connectivity index (χ1) is 17.4. The van der Waals surface area contributed by atoms with Gasteiger partial charge in [-0.25, -0.2) is 9.18 Å².